The fourth-order valence-corrected chi connectivity index (χ4v) is 1.61. The van der Waals surface area contributed by atoms with Crippen LogP contribution in [-0.4, -0.2) is 26.0 Å². The summed E-state index contributed by atoms with van der Waals surface area (Å²) < 4.78 is 1.44. The maximum absolute atomic E-state index is 11.0. The van der Waals surface area contributed by atoms with Gasteiger partial charge >= 0.3 is 5.97 Å². The Hall–Kier alpha value is -2.30. The lowest BCUT2D eigenvalue weighted by Gasteiger charge is -2.11. The van der Waals surface area contributed by atoms with Gasteiger partial charge in [-0.1, -0.05) is 12.1 Å². The number of phenolic OH excluding ortho intramolecular Hbond substituents is 1. The molecule has 2 N–H and O–H groups in total. The number of aliphatic carboxylic acids is 1. The first-order valence-corrected chi connectivity index (χ1v) is 5.16. The van der Waals surface area contributed by atoms with Crippen molar-refractivity contribution in [1.82, 2.24) is 9.78 Å². The van der Waals surface area contributed by atoms with Gasteiger partial charge in [-0.2, -0.15) is 5.10 Å². The van der Waals surface area contributed by atoms with Crippen LogP contribution in [0.1, 0.15) is 18.5 Å². The molecule has 1 aromatic carbocycles. The maximum Gasteiger partial charge on any atom is 0.312 e. The van der Waals surface area contributed by atoms with Crippen molar-refractivity contribution in [3.05, 3.63) is 42.2 Å². The zero-order valence-electron chi connectivity index (χ0n) is 9.24. The second-order valence-electron chi connectivity index (χ2n) is 3.72. The fourth-order valence-electron chi connectivity index (χ4n) is 1.61. The summed E-state index contributed by atoms with van der Waals surface area (Å²) in [5.74, 6) is -1.55. The smallest absolute Gasteiger partial charge is 0.312 e. The molecule has 0 aliphatic heterocycles. The quantitative estimate of drug-likeness (QED) is 0.845. The lowest BCUT2D eigenvalue weighted by molar-refractivity contribution is -0.138. The molecule has 0 radical (unpaired) electrons. The largest absolute Gasteiger partial charge is 0.506 e. The molecule has 17 heavy (non-hydrogen) atoms. The van der Waals surface area contributed by atoms with Crippen molar-refractivity contribution in [2.45, 2.75) is 12.8 Å². The number of benzene rings is 1. The van der Waals surface area contributed by atoms with E-state index in [1.807, 2.05) is 0 Å². The molecule has 1 atom stereocenters. The number of nitrogens with zero attached hydrogens (tertiary/aromatic N) is 2. The molecule has 1 heterocycles. The number of carboxylic acids is 1. The van der Waals surface area contributed by atoms with Gasteiger partial charge < -0.3 is 10.2 Å². The molecule has 0 aliphatic rings. The van der Waals surface area contributed by atoms with Crippen LogP contribution < -0.4 is 0 Å². The molecule has 2 aromatic rings. The maximum atomic E-state index is 11.0. The number of rotatable bonds is 3. The highest BCUT2D eigenvalue weighted by Crippen LogP contribution is 2.24. The summed E-state index contributed by atoms with van der Waals surface area (Å²) >= 11 is 0. The third-order valence-corrected chi connectivity index (χ3v) is 2.60. The third-order valence-electron chi connectivity index (χ3n) is 2.60. The van der Waals surface area contributed by atoms with Crippen molar-refractivity contribution in [3.63, 3.8) is 0 Å². The minimum atomic E-state index is -0.929. The summed E-state index contributed by atoms with van der Waals surface area (Å²) in [5, 5.41) is 22.8. The molecule has 2 rings (SSSR count). The van der Waals surface area contributed by atoms with Gasteiger partial charge in [0.15, 0.2) is 0 Å². The van der Waals surface area contributed by atoms with E-state index in [2.05, 4.69) is 5.10 Å². The lowest BCUT2D eigenvalue weighted by atomic mass is 10.1. The number of carboxylic acid groups (broad SMARTS) is 1. The lowest BCUT2D eigenvalue weighted by Crippen LogP contribution is -2.13. The second-order valence-corrected chi connectivity index (χ2v) is 3.72. The average molecular weight is 232 g/mol. The van der Waals surface area contributed by atoms with Gasteiger partial charge in [0, 0.05) is 6.20 Å². The molecular formula is C12H12N2O3. The number of aromatic hydroxyl groups is 1. The summed E-state index contributed by atoms with van der Waals surface area (Å²) in [4.78, 5) is 11.0. The van der Waals surface area contributed by atoms with E-state index in [0.717, 1.165) is 0 Å². The van der Waals surface area contributed by atoms with Gasteiger partial charge in [0.1, 0.15) is 11.4 Å². The third kappa shape index (κ3) is 1.99. The second kappa shape index (κ2) is 4.29. The minimum Gasteiger partial charge on any atom is -0.506 e. The molecule has 0 amide bonds. The molecule has 1 aromatic heterocycles. The summed E-state index contributed by atoms with van der Waals surface area (Å²) in [6, 6.07) is 8.30. The monoisotopic (exact) mass is 232 g/mol. The minimum absolute atomic E-state index is 0.0649. The van der Waals surface area contributed by atoms with Crippen molar-refractivity contribution in [3.8, 4) is 11.4 Å². The first-order chi connectivity index (χ1) is 8.11. The number of phenols is 1. The van der Waals surface area contributed by atoms with Crippen LogP contribution in [0.25, 0.3) is 5.69 Å². The zero-order valence-corrected chi connectivity index (χ0v) is 9.24. The van der Waals surface area contributed by atoms with Crippen LogP contribution in [0.15, 0.2) is 36.5 Å². The highest BCUT2D eigenvalue weighted by molar-refractivity contribution is 5.75. The van der Waals surface area contributed by atoms with E-state index in [1.165, 1.54) is 16.9 Å². The highest BCUT2D eigenvalue weighted by Gasteiger charge is 2.19. The number of carbonyl (C=O) groups is 1. The van der Waals surface area contributed by atoms with Crippen LogP contribution in [0.3, 0.4) is 0 Å². The van der Waals surface area contributed by atoms with Crippen molar-refractivity contribution >= 4 is 5.97 Å². The van der Waals surface area contributed by atoms with Gasteiger partial charge in [-0.3, -0.25) is 4.79 Å². The van der Waals surface area contributed by atoms with E-state index in [-0.39, 0.29) is 5.75 Å². The molecule has 5 nitrogen and oxygen atoms in total. The molecule has 1 unspecified atom stereocenters. The predicted molar refractivity (Wildman–Crippen MR) is 61.3 cm³/mol. The van der Waals surface area contributed by atoms with Gasteiger partial charge in [-0.15, -0.1) is 0 Å². The molecule has 5 heteroatoms. The fraction of sp³-hybridized carbons (Fsp3) is 0.167. The van der Waals surface area contributed by atoms with E-state index in [1.54, 1.807) is 31.2 Å². The van der Waals surface area contributed by atoms with Crippen LogP contribution in [-0.2, 0) is 4.79 Å². The first-order valence-electron chi connectivity index (χ1n) is 5.16. The van der Waals surface area contributed by atoms with E-state index in [0.29, 0.717) is 11.4 Å². The summed E-state index contributed by atoms with van der Waals surface area (Å²) in [7, 11) is 0. The first kappa shape index (κ1) is 11.2. The zero-order chi connectivity index (χ0) is 12.4. The Kier molecular flexibility index (Phi) is 2.82. The Balaban J connectivity index is 2.51. The Bertz CT molecular complexity index is 548. The molecule has 0 bridgehead atoms. The van der Waals surface area contributed by atoms with Crippen molar-refractivity contribution in [2.24, 2.45) is 0 Å². The molecule has 0 saturated heterocycles. The summed E-state index contributed by atoms with van der Waals surface area (Å²) in [6.45, 7) is 1.58. The summed E-state index contributed by atoms with van der Waals surface area (Å²) in [5.41, 5.74) is 1.000. The van der Waals surface area contributed by atoms with Gasteiger partial charge in [0.2, 0.25) is 0 Å². The Morgan fingerprint density at radius 3 is 2.71 bits per heavy atom. The van der Waals surface area contributed by atoms with E-state index < -0.39 is 11.9 Å². The molecule has 88 valence electrons. The van der Waals surface area contributed by atoms with Crippen molar-refractivity contribution < 1.29 is 15.0 Å². The van der Waals surface area contributed by atoms with Crippen molar-refractivity contribution in [1.29, 1.82) is 0 Å². The van der Waals surface area contributed by atoms with Crippen LogP contribution in [0.4, 0.5) is 0 Å². The van der Waals surface area contributed by atoms with Gasteiger partial charge in [0.25, 0.3) is 0 Å². The van der Waals surface area contributed by atoms with Gasteiger partial charge in [0.05, 0.1) is 11.6 Å². The van der Waals surface area contributed by atoms with E-state index in [4.69, 9.17) is 5.11 Å². The number of hydrogen-bond acceptors (Lipinski definition) is 3. The number of para-hydroxylation sites is 2. The highest BCUT2D eigenvalue weighted by atomic mass is 16.4. The summed E-state index contributed by atoms with van der Waals surface area (Å²) in [6.07, 6.45) is 1.52. The Morgan fingerprint density at radius 2 is 2.06 bits per heavy atom. The standard InChI is InChI=1S/C12H12N2O3/c1-8(12(16)17)9-6-7-13-14(9)10-4-2-3-5-11(10)15/h2-8,15H,1H3,(H,16,17). The van der Waals surface area contributed by atoms with Gasteiger partial charge in [-0.25, -0.2) is 4.68 Å². The predicted octanol–water partition coefficient (Wildman–Crippen LogP) is 1.77. The Morgan fingerprint density at radius 1 is 1.35 bits per heavy atom. The molecule has 0 spiro atoms. The topological polar surface area (TPSA) is 75.3 Å². The Labute approximate surface area is 97.9 Å². The average Bonchev–Trinajstić information content (AvgIpc) is 2.77. The SMILES string of the molecule is CC(C(=O)O)c1ccnn1-c1ccccc1O. The van der Waals surface area contributed by atoms with Gasteiger partial charge in [-0.05, 0) is 25.1 Å². The van der Waals surface area contributed by atoms with Crippen LogP contribution in [0.2, 0.25) is 0 Å². The number of aromatic nitrogens is 2. The molecular weight excluding hydrogens is 220 g/mol. The van der Waals surface area contributed by atoms with E-state index >= 15 is 0 Å². The van der Waals surface area contributed by atoms with E-state index in [9.17, 15) is 9.90 Å². The van der Waals surface area contributed by atoms with Crippen LogP contribution >= 0.6 is 0 Å². The van der Waals surface area contributed by atoms with Crippen molar-refractivity contribution in [2.75, 3.05) is 0 Å². The number of hydrogen-bond donors (Lipinski definition) is 2. The molecule has 0 fully saturated rings. The molecule has 0 aliphatic carbocycles. The van der Waals surface area contributed by atoms with Crippen LogP contribution in [0.5, 0.6) is 5.75 Å². The molecule has 0 saturated carbocycles. The normalized spacial score (nSPS) is 12.3. The van der Waals surface area contributed by atoms with Crippen LogP contribution in [0, 0.1) is 0 Å².